The topological polar surface area (TPSA) is 55.4 Å². The average molecular weight is 247 g/mol. The van der Waals surface area contributed by atoms with Crippen molar-refractivity contribution in [1.82, 2.24) is 0 Å². The summed E-state index contributed by atoms with van der Waals surface area (Å²) in [6.07, 6.45) is 0.946. The fourth-order valence-corrected chi connectivity index (χ4v) is 2.02. The first kappa shape index (κ1) is 12.6. The zero-order chi connectivity index (χ0) is 13.3. The molecule has 96 valence electrons. The van der Waals surface area contributed by atoms with Crippen LogP contribution >= 0.6 is 0 Å². The van der Waals surface area contributed by atoms with E-state index in [-0.39, 0.29) is 17.8 Å². The third kappa shape index (κ3) is 2.37. The number of benzene rings is 1. The summed E-state index contributed by atoms with van der Waals surface area (Å²) >= 11 is 0. The van der Waals surface area contributed by atoms with E-state index in [1.807, 2.05) is 0 Å². The van der Waals surface area contributed by atoms with E-state index in [2.05, 4.69) is 12.2 Å². The summed E-state index contributed by atoms with van der Waals surface area (Å²) in [7, 11) is 1.35. The monoisotopic (exact) mass is 247 g/mol. The van der Waals surface area contributed by atoms with Crippen LogP contribution in [0.1, 0.15) is 29.3 Å². The predicted molar refractivity (Wildman–Crippen MR) is 68.4 cm³/mol. The fraction of sp³-hybridized carbons (Fsp3) is 0.429. The first-order valence-electron chi connectivity index (χ1n) is 6.03. The van der Waals surface area contributed by atoms with E-state index >= 15 is 0 Å². The Kier molecular flexibility index (Phi) is 3.36. The lowest BCUT2D eigenvalue weighted by Crippen LogP contribution is -2.16. The van der Waals surface area contributed by atoms with Gasteiger partial charge in [0.25, 0.3) is 0 Å². The number of methoxy groups -OCH3 is 1. The number of carbonyl (C=O) groups excluding carboxylic acids is 2. The van der Waals surface area contributed by atoms with Gasteiger partial charge in [-0.15, -0.1) is 0 Å². The maximum atomic E-state index is 11.9. The molecule has 4 nitrogen and oxygen atoms in total. The molecule has 0 heterocycles. The molecule has 2 atom stereocenters. The Bertz CT molecular complexity index is 496. The number of nitrogens with one attached hydrogen (secondary N) is 1. The van der Waals surface area contributed by atoms with Crippen LogP contribution in [0.3, 0.4) is 0 Å². The molecule has 2 rings (SSSR count). The van der Waals surface area contributed by atoms with Gasteiger partial charge in [0.2, 0.25) is 5.91 Å². The first-order valence-corrected chi connectivity index (χ1v) is 6.03. The molecular weight excluding hydrogens is 230 g/mol. The van der Waals surface area contributed by atoms with Crippen LogP contribution in [0.25, 0.3) is 0 Å². The quantitative estimate of drug-likeness (QED) is 0.834. The lowest BCUT2D eigenvalue weighted by molar-refractivity contribution is -0.117. The van der Waals surface area contributed by atoms with Crippen molar-refractivity contribution in [3.05, 3.63) is 29.3 Å². The maximum absolute atomic E-state index is 11.9. The van der Waals surface area contributed by atoms with Crippen molar-refractivity contribution in [2.75, 3.05) is 12.4 Å². The van der Waals surface area contributed by atoms with Crippen LogP contribution in [0, 0.1) is 18.8 Å². The first-order chi connectivity index (χ1) is 8.54. The molecule has 1 aliphatic carbocycles. The van der Waals surface area contributed by atoms with Crippen LogP contribution in [-0.4, -0.2) is 19.0 Å². The second-order valence-electron chi connectivity index (χ2n) is 4.78. The van der Waals surface area contributed by atoms with Gasteiger partial charge in [-0.05, 0) is 37.0 Å². The molecule has 1 saturated carbocycles. The summed E-state index contributed by atoms with van der Waals surface area (Å²) < 4.78 is 4.70. The van der Waals surface area contributed by atoms with Crippen molar-refractivity contribution < 1.29 is 14.3 Å². The molecule has 0 saturated heterocycles. The van der Waals surface area contributed by atoms with Crippen LogP contribution in [0.5, 0.6) is 0 Å². The lowest BCUT2D eigenvalue weighted by Gasteiger charge is -2.11. The zero-order valence-electron chi connectivity index (χ0n) is 10.8. The number of esters is 1. The number of hydrogen-bond acceptors (Lipinski definition) is 3. The van der Waals surface area contributed by atoms with Crippen molar-refractivity contribution in [3.8, 4) is 0 Å². The predicted octanol–water partition coefficient (Wildman–Crippen LogP) is 2.38. The van der Waals surface area contributed by atoms with E-state index in [1.54, 1.807) is 25.1 Å². The molecule has 1 aromatic carbocycles. The summed E-state index contributed by atoms with van der Waals surface area (Å²) in [5.41, 5.74) is 1.91. The minimum absolute atomic E-state index is 0.0348. The van der Waals surface area contributed by atoms with E-state index < -0.39 is 0 Å². The third-order valence-corrected chi connectivity index (χ3v) is 3.44. The summed E-state index contributed by atoms with van der Waals surface area (Å²) in [4.78, 5) is 23.4. The largest absolute Gasteiger partial charge is 0.465 e. The molecule has 0 aromatic heterocycles. The van der Waals surface area contributed by atoms with E-state index in [9.17, 15) is 9.59 Å². The Morgan fingerprint density at radius 2 is 2.06 bits per heavy atom. The van der Waals surface area contributed by atoms with Gasteiger partial charge in [-0.25, -0.2) is 4.79 Å². The normalized spacial score (nSPS) is 21.3. The molecule has 4 heteroatoms. The van der Waals surface area contributed by atoms with E-state index in [0.29, 0.717) is 17.2 Å². The van der Waals surface area contributed by atoms with Gasteiger partial charge in [-0.1, -0.05) is 13.0 Å². The molecule has 0 aliphatic heterocycles. The smallest absolute Gasteiger partial charge is 0.338 e. The van der Waals surface area contributed by atoms with Gasteiger partial charge in [-0.3, -0.25) is 4.79 Å². The summed E-state index contributed by atoms with van der Waals surface area (Å²) in [6, 6.07) is 5.23. The van der Waals surface area contributed by atoms with Gasteiger partial charge in [0.1, 0.15) is 0 Å². The highest BCUT2D eigenvalue weighted by molar-refractivity contribution is 5.98. The molecular formula is C14H17NO3. The second-order valence-corrected chi connectivity index (χ2v) is 4.78. The number of hydrogen-bond donors (Lipinski definition) is 1. The van der Waals surface area contributed by atoms with Crippen molar-refractivity contribution in [2.24, 2.45) is 11.8 Å². The molecule has 1 aliphatic rings. The highest BCUT2D eigenvalue weighted by atomic mass is 16.5. The van der Waals surface area contributed by atoms with Crippen LogP contribution in [0.15, 0.2) is 18.2 Å². The summed E-state index contributed by atoms with van der Waals surface area (Å²) in [5.74, 6) is 0.233. The van der Waals surface area contributed by atoms with Crippen LogP contribution in [0.2, 0.25) is 0 Å². The van der Waals surface area contributed by atoms with Gasteiger partial charge < -0.3 is 10.1 Å². The summed E-state index contributed by atoms with van der Waals surface area (Å²) in [6.45, 7) is 3.86. The minimum atomic E-state index is -0.386. The zero-order valence-corrected chi connectivity index (χ0v) is 10.8. The molecule has 0 unspecified atom stereocenters. The fourth-order valence-electron chi connectivity index (χ4n) is 2.02. The van der Waals surface area contributed by atoms with Crippen molar-refractivity contribution >= 4 is 17.6 Å². The lowest BCUT2D eigenvalue weighted by atomic mass is 10.1. The Morgan fingerprint density at radius 3 is 2.61 bits per heavy atom. The molecule has 0 bridgehead atoms. The van der Waals surface area contributed by atoms with Crippen molar-refractivity contribution in [2.45, 2.75) is 20.3 Å². The van der Waals surface area contributed by atoms with Gasteiger partial charge in [0.05, 0.1) is 12.7 Å². The third-order valence-electron chi connectivity index (χ3n) is 3.44. The molecule has 1 aromatic rings. The highest BCUT2D eigenvalue weighted by Crippen LogP contribution is 2.38. The molecule has 0 spiro atoms. The Hall–Kier alpha value is -1.84. The van der Waals surface area contributed by atoms with Gasteiger partial charge >= 0.3 is 5.97 Å². The maximum Gasteiger partial charge on any atom is 0.338 e. The molecule has 1 N–H and O–H groups in total. The van der Waals surface area contributed by atoms with Gasteiger partial charge in [-0.2, -0.15) is 0 Å². The number of ether oxygens (including phenoxy) is 1. The summed E-state index contributed by atoms with van der Waals surface area (Å²) in [5, 5.41) is 2.88. The van der Waals surface area contributed by atoms with Crippen LogP contribution in [-0.2, 0) is 9.53 Å². The molecule has 1 amide bonds. The van der Waals surface area contributed by atoms with Crippen LogP contribution < -0.4 is 5.32 Å². The Morgan fingerprint density at radius 1 is 1.39 bits per heavy atom. The van der Waals surface area contributed by atoms with E-state index in [4.69, 9.17) is 4.74 Å². The van der Waals surface area contributed by atoms with Crippen LogP contribution in [0.4, 0.5) is 5.69 Å². The van der Waals surface area contributed by atoms with E-state index in [1.165, 1.54) is 7.11 Å². The molecule has 0 radical (unpaired) electrons. The minimum Gasteiger partial charge on any atom is -0.465 e. The highest BCUT2D eigenvalue weighted by Gasteiger charge is 2.39. The number of carbonyl (C=O) groups is 2. The number of rotatable bonds is 3. The van der Waals surface area contributed by atoms with E-state index in [0.717, 1.165) is 12.0 Å². The number of anilines is 1. The Labute approximate surface area is 106 Å². The SMILES string of the molecule is COC(=O)c1cccc(NC(=O)[C@H]2C[C@@H]2C)c1C. The standard InChI is InChI=1S/C14H17NO3/c1-8-7-11(8)13(16)15-12-6-4-5-10(9(12)2)14(17)18-3/h4-6,8,11H,7H2,1-3H3,(H,15,16)/t8-,11-/m0/s1. The Balaban J connectivity index is 2.18. The number of amides is 1. The average Bonchev–Trinajstić information content (AvgIpc) is 3.08. The van der Waals surface area contributed by atoms with Gasteiger partial charge in [0.15, 0.2) is 0 Å². The van der Waals surface area contributed by atoms with Crippen molar-refractivity contribution in [3.63, 3.8) is 0 Å². The molecule has 1 fully saturated rings. The molecule has 18 heavy (non-hydrogen) atoms. The van der Waals surface area contributed by atoms with Gasteiger partial charge in [0, 0.05) is 11.6 Å². The second kappa shape index (κ2) is 4.80. The van der Waals surface area contributed by atoms with Crippen molar-refractivity contribution in [1.29, 1.82) is 0 Å².